The number of rotatable bonds is 9. The van der Waals surface area contributed by atoms with Crippen molar-refractivity contribution in [3.05, 3.63) is 53.7 Å². The van der Waals surface area contributed by atoms with E-state index in [0.29, 0.717) is 47.2 Å². The molecule has 1 heterocycles. The number of carbonyl (C=O) groups excluding carboxylic acids is 2. The van der Waals surface area contributed by atoms with E-state index in [1.807, 2.05) is 20.8 Å². The molecule has 7 nitrogen and oxygen atoms in total. The number of amides is 2. The number of hydrogen-bond acceptors (Lipinski definition) is 6. The molecule has 0 fully saturated rings. The number of ether oxygens (including phenoxy) is 3. The van der Waals surface area contributed by atoms with E-state index in [9.17, 15) is 9.59 Å². The van der Waals surface area contributed by atoms with Crippen LogP contribution in [0.25, 0.3) is 5.57 Å². The van der Waals surface area contributed by atoms with E-state index < -0.39 is 0 Å². The van der Waals surface area contributed by atoms with Gasteiger partial charge in [0.05, 0.1) is 26.4 Å². The van der Waals surface area contributed by atoms with Gasteiger partial charge in [-0.1, -0.05) is 26.0 Å². The molecule has 2 aromatic rings. The second-order valence-corrected chi connectivity index (χ2v) is 7.55. The Labute approximate surface area is 182 Å². The number of hydrogen-bond donors (Lipinski definition) is 1. The Hall–Kier alpha value is -3.48. The van der Waals surface area contributed by atoms with Gasteiger partial charge in [0.1, 0.15) is 22.9 Å². The SMILES string of the molecule is CCOc1ccc(C2=C(Nc3cc(OC)cc(OC)c3)C(=O)N(CC(C)C)C2=O)cc1. The van der Waals surface area contributed by atoms with Gasteiger partial charge in [0, 0.05) is 30.4 Å². The Bertz CT molecular complexity index is 973. The third kappa shape index (κ3) is 4.82. The molecule has 0 spiro atoms. The van der Waals surface area contributed by atoms with Crippen LogP contribution in [0.4, 0.5) is 5.69 Å². The van der Waals surface area contributed by atoms with Gasteiger partial charge in [-0.15, -0.1) is 0 Å². The van der Waals surface area contributed by atoms with Crippen LogP contribution >= 0.6 is 0 Å². The molecule has 0 aromatic heterocycles. The summed E-state index contributed by atoms with van der Waals surface area (Å²) in [5.41, 5.74) is 1.79. The number of nitrogens with zero attached hydrogens (tertiary/aromatic N) is 1. The summed E-state index contributed by atoms with van der Waals surface area (Å²) in [6.07, 6.45) is 0. The van der Waals surface area contributed by atoms with Crippen LogP contribution in [0.1, 0.15) is 26.3 Å². The zero-order valence-corrected chi connectivity index (χ0v) is 18.5. The fourth-order valence-corrected chi connectivity index (χ4v) is 3.40. The Balaban J connectivity index is 2.06. The van der Waals surface area contributed by atoms with Crippen LogP contribution < -0.4 is 19.5 Å². The first kappa shape index (κ1) is 22.2. The minimum absolute atomic E-state index is 0.144. The number of nitrogens with one attached hydrogen (secondary N) is 1. The van der Waals surface area contributed by atoms with Crippen molar-refractivity contribution in [2.24, 2.45) is 5.92 Å². The highest BCUT2D eigenvalue weighted by Gasteiger charge is 2.39. The van der Waals surface area contributed by atoms with Crippen LogP contribution in [0.5, 0.6) is 17.2 Å². The Kier molecular flexibility index (Phi) is 6.84. The van der Waals surface area contributed by atoms with E-state index in [4.69, 9.17) is 14.2 Å². The molecule has 1 aliphatic rings. The number of benzene rings is 2. The van der Waals surface area contributed by atoms with Crippen molar-refractivity contribution in [1.82, 2.24) is 4.90 Å². The van der Waals surface area contributed by atoms with Crippen molar-refractivity contribution in [2.75, 3.05) is 32.7 Å². The number of carbonyl (C=O) groups is 2. The molecule has 0 aliphatic carbocycles. The first-order valence-electron chi connectivity index (χ1n) is 10.2. The second-order valence-electron chi connectivity index (χ2n) is 7.55. The highest BCUT2D eigenvalue weighted by Crippen LogP contribution is 2.34. The van der Waals surface area contributed by atoms with Crippen LogP contribution in [0.2, 0.25) is 0 Å². The van der Waals surface area contributed by atoms with Gasteiger partial charge in [0.25, 0.3) is 11.8 Å². The van der Waals surface area contributed by atoms with Crippen molar-refractivity contribution in [3.63, 3.8) is 0 Å². The van der Waals surface area contributed by atoms with Gasteiger partial charge in [0.15, 0.2) is 0 Å². The molecule has 1 N–H and O–H groups in total. The standard InChI is InChI=1S/C24H28N2O5/c1-6-31-18-9-7-16(8-10-18)21-22(24(28)26(23(21)27)14-15(2)3)25-17-11-19(29-4)13-20(12-17)30-5/h7-13,15,25H,6,14H2,1-5H3. The monoisotopic (exact) mass is 424 g/mol. The molecule has 7 heteroatoms. The smallest absolute Gasteiger partial charge is 0.278 e. The molecule has 3 rings (SSSR count). The van der Waals surface area contributed by atoms with Gasteiger partial charge < -0.3 is 19.5 Å². The third-order valence-electron chi connectivity index (χ3n) is 4.79. The Morgan fingerprint density at radius 1 is 0.903 bits per heavy atom. The normalized spacial score (nSPS) is 13.8. The summed E-state index contributed by atoms with van der Waals surface area (Å²) in [5.74, 6) is 1.31. The number of imide groups is 1. The first-order valence-corrected chi connectivity index (χ1v) is 10.2. The predicted molar refractivity (Wildman–Crippen MR) is 119 cm³/mol. The third-order valence-corrected chi connectivity index (χ3v) is 4.79. The number of anilines is 1. The molecule has 0 radical (unpaired) electrons. The topological polar surface area (TPSA) is 77.1 Å². The fourth-order valence-electron chi connectivity index (χ4n) is 3.40. The molecule has 2 amide bonds. The van der Waals surface area contributed by atoms with Crippen LogP contribution in [0.3, 0.4) is 0 Å². The zero-order chi connectivity index (χ0) is 22.5. The van der Waals surface area contributed by atoms with E-state index in [2.05, 4.69) is 5.32 Å². The predicted octanol–water partition coefficient (Wildman–Crippen LogP) is 3.95. The lowest BCUT2D eigenvalue weighted by Gasteiger charge is -2.17. The van der Waals surface area contributed by atoms with E-state index in [-0.39, 0.29) is 23.4 Å². The summed E-state index contributed by atoms with van der Waals surface area (Å²) in [7, 11) is 3.11. The summed E-state index contributed by atoms with van der Waals surface area (Å²) in [6.45, 7) is 6.73. The molecule has 2 aromatic carbocycles. The summed E-state index contributed by atoms with van der Waals surface area (Å²) < 4.78 is 16.1. The molecule has 1 aliphatic heterocycles. The average Bonchev–Trinajstić information content (AvgIpc) is 2.98. The van der Waals surface area contributed by atoms with Crippen molar-refractivity contribution >= 4 is 23.1 Å². The highest BCUT2D eigenvalue weighted by atomic mass is 16.5. The largest absolute Gasteiger partial charge is 0.497 e. The van der Waals surface area contributed by atoms with Gasteiger partial charge in [-0.2, -0.15) is 0 Å². The van der Waals surface area contributed by atoms with Crippen LogP contribution in [-0.2, 0) is 9.59 Å². The quantitative estimate of drug-likeness (QED) is 0.614. The maximum absolute atomic E-state index is 13.2. The summed E-state index contributed by atoms with van der Waals surface area (Å²) in [6, 6.07) is 12.4. The van der Waals surface area contributed by atoms with E-state index in [1.54, 1.807) is 56.7 Å². The summed E-state index contributed by atoms with van der Waals surface area (Å²) >= 11 is 0. The lowest BCUT2D eigenvalue weighted by atomic mass is 10.0. The van der Waals surface area contributed by atoms with Gasteiger partial charge in [-0.25, -0.2) is 0 Å². The van der Waals surface area contributed by atoms with E-state index in [0.717, 1.165) is 0 Å². The maximum atomic E-state index is 13.2. The van der Waals surface area contributed by atoms with Gasteiger partial charge in [-0.3, -0.25) is 14.5 Å². The highest BCUT2D eigenvalue weighted by molar-refractivity contribution is 6.36. The van der Waals surface area contributed by atoms with Crippen molar-refractivity contribution in [1.29, 1.82) is 0 Å². The molecule has 31 heavy (non-hydrogen) atoms. The van der Waals surface area contributed by atoms with Crippen LogP contribution in [0, 0.1) is 5.92 Å². The van der Waals surface area contributed by atoms with Gasteiger partial charge >= 0.3 is 0 Å². The molecular formula is C24H28N2O5. The van der Waals surface area contributed by atoms with Crippen LogP contribution in [0.15, 0.2) is 48.2 Å². The van der Waals surface area contributed by atoms with E-state index in [1.165, 1.54) is 4.90 Å². The van der Waals surface area contributed by atoms with Crippen molar-refractivity contribution < 1.29 is 23.8 Å². The zero-order valence-electron chi connectivity index (χ0n) is 18.5. The maximum Gasteiger partial charge on any atom is 0.278 e. The van der Waals surface area contributed by atoms with Gasteiger partial charge in [0.2, 0.25) is 0 Å². The lowest BCUT2D eigenvalue weighted by molar-refractivity contribution is -0.137. The molecule has 0 saturated carbocycles. The van der Waals surface area contributed by atoms with Crippen molar-refractivity contribution in [2.45, 2.75) is 20.8 Å². The lowest BCUT2D eigenvalue weighted by Crippen LogP contribution is -2.35. The average molecular weight is 424 g/mol. The molecule has 0 bridgehead atoms. The Morgan fingerprint density at radius 3 is 2.03 bits per heavy atom. The van der Waals surface area contributed by atoms with Crippen LogP contribution in [-0.4, -0.2) is 44.1 Å². The summed E-state index contributed by atoms with van der Waals surface area (Å²) in [5, 5.41) is 3.14. The molecule has 164 valence electrons. The van der Waals surface area contributed by atoms with E-state index >= 15 is 0 Å². The fraction of sp³-hybridized carbons (Fsp3) is 0.333. The first-order chi connectivity index (χ1) is 14.9. The summed E-state index contributed by atoms with van der Waals surface area (Å²) in [4.78, 5) is 27.7. The molecular weight excluding hydrogens is 396 g/mol. The Morgan fingerprint density at radius 2 is 1.52 bits per heavy atom. The minimum Gasteiger partial charge on any atom is -0.497 e. The van der Waals surface area contributed by atoms with Gasteiger partial charge in [-0.05, 0) is 30.5 Å². The molecule has 0 unspecified atom stereocenters. The minimum atomic E-state index is -0.357. The van der Waals surface area contributed by atoms with Crippen molar-refractivity contribution in [3.8, 4) is 17.2 Å². The second kappa shape index (κ2) is 9.55. The molecule has 0 atom stereocenters. The molecule has 0 saturated heterocycles. The number of methoxy groups -OCH3 is 2.